The second-order valence-electron chi connectivity index (χ2n) is 6.36. The van der Waals surface area contributed by atoms with E-state index >= 15 is 0 Å². The molecule has 0 unspecified atom stereocenters. The van der Waals surface area contributed by atoms with Gasteiger partial charge in [0, 0.05) is 17.4 Å². The van der Waals surface area contributed by atoms with Crippen LogP contribution < -0.4 is 20.1 Å². The van der Waals surface area contributed by atoms with Crippen LogP contribution in [-0.2, 0) is 0 Å². The number of anilines is 4. The number of para-hydroxylation sites is 2. The number of nitrogens with one attached hydrogen (secondary N) is 2. The van der Waals surface area contributed by atoms with Gasteiger partial charge in [-0.15, -0.1) is 0 Å². The molecule has 0 aliphatic rings. The van der Waals surface area contributed by atoms with E-state index in [4.69, 9.17) is 9.47 Å². The molecule has 140 valence electrons. The molecule has 2 N–H and O–H groups in total. The van der Waals surface area contributed by atoms with Gasteiger partial charge in [0.2, 0.25) is 5.95 Å². The van der Waals surface area contributed by atoms with Gasteiger partial charge in [0.1, 0.15) is 17.3 Å². The third kappa shape index (κ3) is 5.10. The Kier molecular flexibility index (Phi) is 5.76. The average Bonchev–Trinajstić information content (AvgIpc) is 2.63. The molecule has 0 radical (unpaired) electrons. The Bertz CT molecular complexity index is 895. The van der Waals surface area contributed by atoms with Gasteiger partial charge in [-0.2, -0.15) is 4.98 Å². The molecule has 6 heteroatoms. The van der Waals surface area contributed by atoms with E-state index in [1.807, 2.05) is 75.4 Å². The van der Waals surface area contributed by atoms with Gasteiger partial charge in [0.15, 0.2) is 0 Å². The Labute approximate surface area is 159 Å². The monoisotopic (exact) mass is 364 g/mol. The lowest BCUT2D eigenvalue weighted by molar-refractivity contribution is 0.244. The summed E-state index contributed by atoms with van der Waals surface area (Å²) in [5, 5.41) is 6.55. The third-order valence-electron chi connectivity index (χ3n) is 3.71. The van der Waals surface area contributed by atoms with Crippen molar-refractivity contribution in [2.45, 2.75) is 26.9 Å². The number of ether oxygens (including phenoxy) is 2. The van der Waals surface area contributed by atoms with Crippen molar-refractivity contribution in [1.29, 1.82) is 0 Å². The lowest BCUT2D eigenvalue weighted by Gasteiger charge is -2.16. The Morgan fingerprint density at radius 2 is 1.67 bits per heavy atom. The van der Waals surface area contributed by atoms with Crippen LogP contribution in [0.3, 0.4) is 0 Å². The van der Waals surface area contributed by atoms with Crippen LogP contribution in [0.1, 0.15) is 19.5 Å². The largest absolute Gasteiger partial charge is 0.497 e. The van der Waals surface area contributed by atoms with Gasteiger partial charge in [-0.05, 0) is 57.2 Å². The highest BCUT2D eigenvalue weighted by molar-refractivity contribution is 5.65. The SMILES string of the molecule is COc1ccc(Nc2nc(C)cc(Nc3ccccc3OC(C)C)n2)cc1. The number of rotatable bonds is 7. The molecule has 0 aliphatic carbocycles. The maximum absolute atomic E-state index is 5.86. The van der Waals surface area contributed by atoms with Crippen LogP contribution in [0.15, 0.2) is 54.6 Å². The maximum Gasteiger partial charge on any atom is 0.229 e. The molecule has 0 saturated carbocycles. The number of aromatic nitrogens is 2. The lowest BCUT2D eigenvalue weighted by Crippen LogP contribution is -2.08. The maximum atomic E-state index is 5.86. The Morgan fingerprint density at radius 1 is 0.926 bits per heavy atom. The average molecular weight is 364 g/mol. The van der Waals surface area contributed by atoms with E-state index in [0.29, 0.717) is 11.8 Å². The predicted octanol–water partition coefficient (Wildman–Crippen LogP) is 5.07. The topological polar surface area (TPSA) is 68.3 Å². The fourth-order valence-corrected chi connectivity index (χ4v) is 2.56. The minimum Gasteiger partial charge on any atom is -0.497 e. The van der Waals surface area contributed by atoms with Crippen LogP contribution in [0.2, 0.25) is 0 Å². The van der Waals surface area contributed by atoms with Crippen LogP contribution >= 0.6 is 0 Å². The van der Waals surface area contributed by atoms with Crippen LogP contribution in [0.5, 0.6) is 11.5 Å². The summed E-state index contributed by atoms with van der Waals surface area (Å²) < 4.78 is 11.0. The normalized spacial score (nSPS) is 10.6. The Hall–Kier alpha value is -3.28. The van der Waals surface area contributed by atoms with Crippen molar-refractivity contribution in [2.24, 2.45) is 0 Å². The molecule has 27 heavy (non-hydrogen) atoms. The zero-order valence-corrected chi connectivity index (χ0v) is 16.0. The summed E-state index contributed by atoms with van der Waals surface area (Å²) >= 11 is 0. The molecule has 0 saturated heterocycles. The Morgan fingerprint density at radius 3 is 2.37 bits per heavy atom. The first-order chi connectivity index (χ1) is 13.0. The summed E-state index contributed by atoms with van der Waals surface area (Å²) in [6.07, 6.45) is 0.0902. The summed E-state index contributed by atoms with van der Waals surface area (Å²) in [6.45, 7) is 5.94. The molecule has 0 fully saturated rings. The summed E-state index contributed by atoms with van der Waals surface area (Å²) in [7, 11) is 1.64. The predicted molar refractivity (Wildman–Crippen MR) is 109 cm³/mol. The number of methoxy groups -OCH3 is 1. The molecule has 2 aromatic carbocycles. The highest BCUT2D eigenvalue weighted by Crippen LogP contribution is 2.28. The van der Waals surface area contributed by atoms with Gasteiger partial charge < -0.3 is 20.1 Å². The quantitative estimate of drug-likeness (QED) is 0.610. The van der Waals surface area contributed by atoms with Crippen molar-refractivity contribution in [3.8, 4) is 11.5 Å². The zero-order valence-electron chi connectivity index (χ0n) is 16.0. The fraction of sp³-hybridized carbons (Fsp3) is 0.238. The summed E-state index contributed by atoms with van der Waals surface area (Å²) in [5.41, 5.74) is 2.60. The van der Waals surface area contributed by atoms with E-state index in [9.17, 15) is 0 Å². The molecular weight excluding hydrogens is 340 g/mol. The zero-order chi connectivity index (χ0) is 19.2. The van der Waals surface area contributed by atoms with Gasteiger partial charge in [0.25, 0.3) is 0 Å². The molecule has 3 rings (SSSR count). The second kappa shape index (κ2) is 8.40. The standard InChI is InChI=1S/C21H24N4O2/c1-14(2)27-19-8-6-5-7-18(19)24-20-13-15(3)22-21(25-20)23-16-9-11-17(26-4)12-10-16/h5-14H,1-4H3,(H2,22,23,24,25). The number of hydrogen-bond donors (Lipinski definition) is 2. The highest BCUT2D eigenvalue weighted by atomic mass is 16.5. The van der Waals surface area contributed by atoms with E-state index in [1.165, 1.54) is 0 Å². The lowest BCUT2D eigenvalue weighted by atomic mass is 10.3. The van der Waals surface area contributed by atoms with Crippen LogP contribution in [-0.4, -0.2) is 23.2 Å². The number of benzene rings is 2. The molecule has 1 aromatic heterocycles. The van der Waals surface area contributed by atoms with Crippen molar-refractivity contribution in [3.63, 3.8) is 0 Å². The van der Waals surface area contributed by atoms with Crippen molar-refractivity contribution in [2.75, 3.05) is 17.7 Å². The van der Waals surface area contributed by atoms with E-state index in [-0.39, 0.29) is 6.10 Å². The molecule has 1 heterocycles. The summed E-state index contributed by atoms with van der Waals surface area (Å²) in [6, 6.07) is 17.3. The van der Waals surface area contributed by atoms with E-state index in [1.54, 1.807) is 7.11 Å². The molecule has 3 aromatic rings. The third-order valence-corrected chi connectivity index (χ3v) is 3.71. The molecule has 0 bridgehead atoms. The number of aryl methyl sites for hydroxylation is 1. The van der Waals surface area contributed by atoms with Crippen LogP contribution in [0, 0.1) is 6.92 Å². The second-order valence-corrected chi connectivity index (χ2v) is 6.36. The number of nitrogens with zero attached hydrogens (tertiary/aromatic N) is 2. The Balaban J connectivity index is 1.81. The first kappa shape index (κ1) is 18.5. The molecule has 6 nitrogen and oxygen atoms in total. The van der Waals surface area contributed by atoms with Crippen molar-refractivity contribution >= 4 is 23.1 Å². The molecule has 0 atom stereocenters. The minimum absolute atomic E-state index is 0.0902. The molecule has 0 amide bonds. The highest BCUT2D eigenvalue weighted by Gasteiger charge is 2.08. The molecule has 0 spiro atoms. The smallest absolute Gasteiger partial charge is 0.229 e. The van der Waals surface area contributed by atoms with Gasteiger partial charge in [0.05, 0.1) is 18.9 Å². The van der Waals surface area contributed by atoms with Gasteiger partial charge in [-0.25, -0.2) is 4.98 Å². The summed E-state index contributed by atoms with van der Waals surface area (Å²) in [5.74, 6) is 2.80. The van der Waals surface area contributed by atoms with E-state index in [0.717, 1.165) is 28.6 Å². The van der Waals surface area contributed by atoms with Gasteiger partial charge >= 0.3 is 0 Å². The first-order valence-electron chi connectivity index (χ1n) is 8.83. The van der Waals surface area contributed by atoms with Gasteiger partial charge in [-0.1, -0.05) is 12.1 Å². The van der Waals surface area contributed by atoms with Crippen LogP contribution in [0.25, 0.3) is 0 Å². The molecular formula is C21H24N4O2. The van der Waals surface area contributed by atoms with Crippen molar-refractivity contribution in [3.05, 3.63) is 60.3 Å². The van der Waals surface area contributed by atoms with E-state index < -0.39 is 0 Å². The first-order valence-corrected chi connectivity index (χ1v) is 8.83. The number of hydrogen-bond acceptors (Lipinski definition) is 6. The van der Waals surface area contributed by atoms with Crippen molar-refractivity contribution in [1.82, 2.24) is 9.97 Å². The van der Waals surface area contributed by atoms with Crippen LogP contribution in [0.4, 0.5) is 23.1 Å². The summed E-state index contributed by atoms with van der Waals surface area (Å²) in [4.78, 5) is 9.03. The van der Waals surface area contributed by atoms with Crippen molar-refractivity contribution < 1.29 is 9.47 Å². The van der Waals surface area contributed by atoms with E-state index in [2.05, 4.69) is 20.6 Å². The minimum atomic E-state index is 0.0902. The van der Waals surface area contributed by atoms with Gasteiger partial charge in [-0.3, -0.25) is 0 Å². The fourth-order valence-electron chi connectivity index (χ4n) is 2.56. The molecule has 0 aliphatic heterocycles.